The van der Waals surface area contributed by atoms with Gasteiger partial charge in [0, 0.05) is 5.70 Å². The molecular formula is C41H35N3O6S. The first-order valence-corrected chi connectivity index (χ1v) is 17.2. The van der Waals surface area contributed by atoms with E-state index in [4.69, 9.17) is 14.2 Å². The van der Waals surface area contributed by atoms with Gasteiger partial charge in [0.1, 0.15) is 17.9 Å². The van der Waals surface area contributed by atoms with Crippen molar-refractivity contribution < 1.29 is 28.6 Å². The fourth-order valence-electron chi connectivity index (χ4n) is 5.42. The van der Waals surface area contributed by atoms with E-state index in [1.54, 1.807) is 55.5 Å². The van der Waals surface area contributed by atoms with E-state index < -0.39 is 11.8 Å². The number of aliphatic imine (C=N–C) groups is 1. The van der Waals surface area contributed by atoms with Crippen LogP contribution in [0.3, 0.4) is 0 Å². The topological polar surface area (TPSA) is 107 Å². The van der Waals surface area contributed by atoms with Crippen LogP contribution in [0.4, 0.5) is 0 Å². The van der Waals surface area contributed by atoms with Crippen molar-refractivity contribution >= 4 is 40.7 Å². The zero-order valence-corrected chi connectivity index (χ0v) is 28.7. The fraction of sp³-hybridized carbons (Fsp3) is 0.122. The summed E-state index contributed by atoms with van der Waals surface area (Å²) in [6.45, 7) is 6.03. The van der Waals surface area contributed by atoms with Crippen molar-refractivity contribution in [3.05, 3.63) is 168 Å². The van der Waals surface area contributed by atoms with Crippen molar-refractivity contribution in [2.45, 2.75) is 19.6 Å². The second-order valence-corrected chi connectivity index (χ2v) is 12.3. The number of rotatable bonds is 12. The second-order valence-electron chi connectivity index (χ2n) is 11.4. The van der Waals surface area contributed by atoms with Crippen LogP contribution in [0.2, 0.25) is 0 Å². The van der Waals surface area contributed by atoms with Crippen molar-refractivity contribution in [3.63, 3.8) is 0 Å². The summed E-state index contributed by atoms with van der Waals surface area (Å²) >= 11 is 1.01. The van der Waals surface area contributed by atoms with Gasteiger partial charge in [-0.2, -0.15) is 4.99 Å². The maximum Gasteiger partial charge on any atom is 0.285 e. The molecule has 1 N–H and O–H groups in total. The summed E-state index contributed by atoms with van der Waals surface area (Å²) < 4.78 is 16.7. The number of hydrogen-bond acceptors (Lipinski definition) is 7. The van der Waals surface area contributed by atoms with Gasteiger partial charge in [-0.25, -0.2) is 0 Å². The van der Waals surface area contributed by atoms with Gasteiger partial charge in [0.25, 0.3) is 11.8 Å². The fourth-order valence-corrected chi connectivity index (χ4v) is 6.23. The number of carbonyl (C=O) groups excluding carboxylic acids is 3. The first-order chi connectivity index (χ1) is 24.9. The average Bonchev–Trinajstić information content (AvgIpc) is 3.64. The molecule has 0 aliphatic carbocycles. The number of amides is 3. The van der Waals surface area contributed by atoms with E-state index in [9.17, 15) is 14.4 Å². The summed E-state index contributed by atoms with van der Waals surface area (Å²) in [5, 5.41) is 3.20. The van der Waals surface area contributed by atoms with Crippen LogP contribution in [0.1, 0.15) is 35.2 Å². The van der Waals surface area contributed by atoms with Crippen LogP contribution in [0.5, 0.6) is 17.2 Å². The van der Waals surface area contributed by atoms with Crippen LogP contribution >= 0.6 is 11.8 Å². The number of nitrogens with zero attached hydrogens (tertiary/aromatic N) is 2. The number of hydrogen-bond donors (Lipinski definition) is 1. The Balaban J connectivity index is 1.18. The molecule has 0 unspecified atom stereocenters. The summed E-state index contributed by atoms with van der Waals surface area (Å²) in [4.78, 5) is 46.4. The smallest absolute Gasteiger partial charge is 0.285 e. The van der Waals surface area contributed by atoms with Crippen LogP contribution in [-0.4, -0.2) is 40.3 Å². The molecule has 10 heteroatoms. The first-order valence-electron chi connectivity index (χ1n) is 16.2. The van der Waals surface area contributed by atoms with Gasteiger partial charge < -0.3 is 19.5 Å². The van der Waals surface area contributed by atoms with Gasteiger partial charge in [-0.1, -0.05) is 115 Å². The normalized spacial score (nSPS) is 15.0. The van der Waals surface area contributed by atoms with Crippen LogP contribution in [0.25, 0.3) is 6.08 Å². The average molecular weight is 698 g/mol. The molecule has 2 heterocycles. The number of thioether (sulfide) groups is 1. The summed E-state index contributed by atoms with van der Waals surface area (Å²) in [6.07, 6.45) is 8.20. The number of allylic oxidation sites excluding steroid dienone is 4. The molecule has 51 heavy (non-hydrogen) atoms. The van der Waals surface area contributed by atoms with Crippen molar-refractivity contribution in [2.75, 3.05) is 12.5 Å². The van der Waals surface area contributed by atoms with Gasteiger partial charge in [-0.05, 0) is 65.6 Å². The summed E-state index contributed by atoms with van der Waals surface area (Å²) in [5.41, 5.74) is 3.75. The van der Waals surface area contributed by atoms with Gasteiger partial charge in [0.15, 0.2) is 16.7 Å². The molecule has 0 saturated heterocycles. The molecular weight excluding hydrogens is 663 g/mol. The number of fused-ring (bicyclic) bond motifs is 1. The number of nitrogens with one attached hydrogen (secondary N) is 1. The zero-order chi connectivity index (χ0) is 35.6. The molecule has 0 atom stereocenters. The molecule has 4 aromatic carbocycles. The molecule has 9 nitrogen and oxygen atoms in total. The minimum atomic E-state index is -0.697. The van der Waals surface area contributed by atoms with Gasteiger partial charge in [-0.3, -0.25) is 19.3 Å². The largest absolute Gasteiger partial charge is 0.489 e. The van der Waals surface area contributed by atoms with E-state index in [1.807, 2.05) is 78.9 Å². The molecule has 3 amide bonds. The van der Waals surface area contributed by atoms with Crippen molar-refractivity contribution in [1.82, 2.24) is 10.2 Å². The highest BCUT2D eigenvalue weighted by atomic mass is 32.2. The lowest BCUT2D eigenvalue weighted by atomic mass is 9.99. The van der Waals surface area contributed by atoms with Gasteiger partial charge in [0.05, 0.1) is 11.8 Å². The van der Waals surface area contributed by atoms with Crippen LogP contribution in [0.15, 0.2) is 150 Å². The lowest BCUT2D eigenvalue weighted by Crippen LogP contribution is -2.42. The molecule has 0 spiro atoms. The van der Waals surface area contributed by atoms with E-state index in [0.717, 1.165) is 28.5 Å². The summed E-state index contributed by atoms with van der Waals surface area (Å²) in [6, 6.07) is 31.6. The van der Waals surface area contributed by atoms with Crippen LogP contribution < -0.4 is 19.5 Å². The summed E-state index contributed by atoms with van der Waals surface area (Å²) in [5.74, 6) is 0.372. The monoisotopic (exact) mass is 697 g/mol. The number of carbonyl (C=O) groups is 3. The molecule has 0 aromatic heterocycles. The maximum absolute atomic E-state index is 14.0. The minimum absolute atomic E-state index is 0.0823. The van der Waals surface area contributed by atoms with E-state index in [1.165, 1.54) is 11.0 Å². The molecule has 0 radical (unpaired) electrons. The highest BCUT2D eigenvalue weighted by Crippen LogP contribution is 2.33. The Bertz CT molecular complexity index is 2000. The lowest BCUT2D eigenvalue weighted by Gasteiger charge is -2.28. The van der Waals surface area contributed by atoms with Crippen LogP contribution in [0, 0.1) is 0 Å². The Labute approximate surface area is 300 Å². The molecule has 256 valence electrons. The van der Waals surface area contributed by atoms with E-state index in [2.05, 4.69) is 16.9 Å². The van der Waals surface area contributed by atoms with Gasteiger partial charge >= 0.3 is 0 Å². The molecule has 0 saturated carbocycles. The number of benzene rings is 4. The molecule has 0 bridgehead atoms. The summed E-state index contributed by atoms with van der Waals surface area (Å²) in [7, 11) is 0. The quantitative estimate of drug-likeness (QED) is 0.0935. The minimum Gasteiger partial charge on any atom is -0.489 e. The molecule has 6 rings (SSSR count). The van der Waals surface area contributed by atoms with E-state index in [-0.39, 0.29) is 35.2 Å². The van der Waals surface area contributed by atoms with Crippen molar-refractivity contribution in [1.29, 1.82) is 0 Å². The SMILES string of the molecule is C=C/C=C\C(=C/C)N1C(=O)/C(=C/c2ccc(OCc3ccc4c(c3)OCO4)cc2)C(=O)N=C1SCC(=O)NC(c1ccccc1)c1ccccc1. The molecule has 0 fully saturated rings. The van der Waals surface area contributed by atoms with Crippen LogP contribution in [-0.2, 0) is 21.0 Å². The molecule has 4 aromatic rings. The van der Waals surface area contributed by atoms with Gasteiger partial charge in [-0.15, -0.1) is 0 Å². The Hall–Kier alpha value is -6.13. The maximum atomic E-state index is 14.0. The van der Waals surface area contributed by atoms with E-state index in [0.29, 0.717) is 35.1 Å². The highest BCUT2D eigenvalue weighted by molar-refractivity contribution is 8.14. The third-order valence-corrected chi connectivity index (χ3v) is 8.89. The first kappa shape index (κ1) is 34.7. The number of amidine groups is 1. The predicted octanol–water partition coefficient (Wildman–Crippen LogP) is 7.39. The number of ether oxygens (including phenoxy) is 3. The van der Waals surface area contributed by atoms with Gasteiger partial charge in [0.2, 0.25) is 12.7 Å². The molecule has 2 aliphatic heterocycles. The standard InChI is InChI=1S/C41H35N3O6S/c1-3-5-16-32(4-2)44-40(47)34(23-28-17-20-33(21-18-28)48-25-29-19-22-35-36(24-29)50-27-49-35)39(46)43-41(44)51-26-37(45)42-38(30-12-8-6-9-13-30)31-14-10-7-11-15-31/h3-24,38H,1,25-27H2,2H3,(H,42,45)/b16-5-,32-4+,34-23+. The van der Waals surface area contributed by atoms with Crippen molar-refractivity contribution in [2.24, 2.45) is 4.99 Å². The third kappa shape index (κ3) is 8.55. The Morgan fingerprint density at radius 2 is 1.65 bits per heavy atom. The second kappa shape index (κ2) is 16.5. The van der Waals surface area contributed by atoms with Crippen molar-refractivity contribution in [3.8, 4) is 17.2 Å². The third-order valence-electron chi connectivity index (χ3n) is 7.95. The highest BCUT2D eigenvalue weighted by Gasteiger charge is 2.35. The predicted molar refractivity (Wildman–Crippen MR) is 199 cm³/mol. The molecule has 2 aliphatic rings. The van der Waals surface area contributed by atoms with E-state index >= 15 is 0 Å². The lowest BCUT2D eigenvalue weighted by molar-refractivity contribution is -0.126. The zero-order valence-electron chi connectivity index (χ0n) is 27.9. The Morgan fingerprint density at radius 3 is 2.31 bits per heavy atom. The Morgan fingerprint density at radius 1 is 0.961 bits per heavy atom. The Kier molecular flexibility index (Phi) is 11.2.